The third-order valence-electron chi connectivity index (χ3n) is 2.68. The van der Waals surface area contributed by atoms with E-state index in [0.717, 1.165) is 21.4 Å². The van der Waals surface area contributed by atoms with Crippen LogP contribution in [0.3, 0.4) is 0 Å². The summed E-state index contributed by atoms with van der Waals surface area (Å²) in [6.07, 6.45) is 0. The smallest absolute Gasteiger partial charge is 0.136 e. The molecular weight excluding hydrogens is 300 g/mol. The fraction of sp³-hybridized carbons (Fsp3) is 0.308. The van der Waals surface area contributed by atoms with E-state index < -0.39 is 0 Å². The molecule has 0 radical (unpaired) electrons. The van der Waals surface area contributed by atoms with Gasteiger partial charge in [-0.3, -0.25) is 0 Å². The predicted molar refractivity (Wildman–Crippen MR) is 75.1 cm³/mol. The van der Waals surface area contributed by atoms with E-state index in [0.29, 0.717) is 11.1 Å². The fourth-order valence-electron chi connectivity index (χ4n) is 1.95. The van der Waals surface area contributed by atoms with Crippen molar-refractivity contribution in [3.8, 4) is 5.69 Å². The van der Waals surface area contributed by atoms with Crippen LogP contribution in [-0.4, -0.2) is 9.78 Å². The first-order chi connectivity index (χ1) is 8.00. The highest BCUT2D eigenvalue weighted by Gasteiger charge is 2.16. The van der Waals surface area contributed by atoms with Crippen LogP contribution in [0.2, 0.25) is 5.15 Å². The van der Waals surface area contributed by atoms with Crippen LogP contribution in [0.15, 0.2) is 28.7 Å². The largest absolute Gasteiger partial charge is 0.222 e. The van der Waals surface area contributed by atoms with Crippen LogP contribution in [0.4, 0.5) is 0 Å². The molecule has 0 amide bonds. The standard InChI is InChI=1S/C13H14BrClN2/c1-8(2)12-9(3)16-17(13(12)15)11-6-4-5-10(14)7-11/h4-8H,1-3H3. The summed E-state index contributed by atoms with van der Waals surface area (Å²) < 4.78 is 2.81. The first-order valence-corrected chi connectivity index (χ1v) is 6.68. The van der Waals surface area contributed by atoms with E-state index in [1.54, 1.807) is 4.68 Å². The lowest BCUT2D eigenvalue weighted by Gasteiger charge is -2.06. The molecule has 0 aliphatic rings. The molecule has 1 aromatic carbocycles. The van der Waals surface area contributed by atoms with Crippen molar-refractivity contribution < 1.29 is 0 Å². The lowest BCUT2D eigenvalue weighted by molar-refractivity contribution is 0.857. The summed E-state index contributed by atoms with van der Waals surface area (Å²) in [7, 11) is 0. The summed E-state index contributed by atoms with van der Waals surface area (Å²) in [5, 5.41) is 5.21. The molecule has 0 aliphatic heterocycles. The van der Waals surface area contributed by atoms with Crippen LogP contribution in [0.1, 0.15) is 31.0 Å². The zero-order valence-electron chi connectivity index (χ0n) is 10.0. The molecule has 0 N–H and O–H groups in total. The van der Waals surface area contributed by atoms with Crippen LogP contribution >= 0.6 is 27.5 Å². The minimum atomic E-state index is 0.378. The molecule has 0 fully saturated rings. The maximum Gasteiger partial charge on any atom is 0.136 e. The molecule has 0 saturated heterocycles. The van der Waals surface area contributed by atoms with Gasteiger partial charge in [0, 0.05) is 10.0 Å². The van der Waals surface area contributed by atoms with Crippen molar-refractivity contribution in [2.24, 2.45) is 0 Å². The van der Waals surface area contributed by atoms with Gasteiger partial charge >= 0.3 is 0 Å². The Morgan fingerprint density at radius 3 is 2.59 bits per heavy atom. The maximum atomic E-state index is 6.40. The predicted octanol–water partition coefficient (Wildman–Crippen LogP) is 4.72. The summed E-state index contributed by atoms with van der Waals surface area (Å²) in [4.78, 5) is 0. The summed E-state index contributed by atoms with van der Waals surface area (Å²) in [5.41, 5.74) is 3.08. The molecule has 0 unspecified atom stereocenters. The monoisotopic (exact) mass is 312 g/mol. The van der Waals surface area contributed by atoms with Crippen molar-refractivity contribution in [2.75, 3.05) is 0 Å². The zero-order valence-corrected chi connectivity index (χ0v) is 12.4. The Morgan fingerprint density at radius 1 is 1.35 bits per heavy atom. The number of benzene rings is 1. The van der Waals surface area contributed by atoms with Gasteiger partial charge in [0.1, 0.15) is 5.15 Å². The highest BCUT2D eigenvalue weighted by Crippen LogP contribution is 2.30. The third-order valence-corrected chi connectivity index (χ3v) is 3.54. The van der Waals surface area contributed by atoms with Gasteiger partial charge in [0.2, 0.25) is 0 Å². The Morgan fingerprint density at radius 2 is 2.06 bits per heavy atom. The molecule has 2 nitrogen and oxygen atoms in total. The Balaban J connectivity index is 2.58. The molecule has 0 atom stereocenters. The summed E-state index contributed by atoms with van der Waals surface area (Å²) in [6.45, 7) is 6.25. The SMILES string of the molecule is Cc1nn(-c2cccc(Br)c2)c(Cl)c1C(C)C. The van der Waals surface area contributed by atoms with Crippen LogP contribution < -0.4 is 0 Å². The molecule has 1 heterocycles. The highest BCUT2D eigenvalue weighted by molar-refractivity contribution is 9.10. The Labute approximate surface area is 115 Å². The van der Waals surface area contributed by atoms with Gasteiger partial charge in [0.15, 0.2) is 0 Å². The number of hydrogen-bond acceptors (Lipinski definition) is 1. The number of aromatic nitrogens is 2. The molecular formula is C13H14BrClN2. The molecule has 17 heavy (non-hydrogen) atoms. The quantitative estimate of drug-likeness (QED) is 0.784. The van der Waals surface area contributed by atoms with Crippen LogP contribution in [-0.2, 0) is 0 Å². The van der Waals surface area contributed by atoms with Gasteiger partial charge < -0.3 is 0 Å². The molecule has 2 aromatic rings. The first-order valence-electron chi connectivity index (χ1n) is 5.51. The average Bonchev–Trinajstić information content (AvgIpc) is 2.54. The van der Waals surface area contributed by atoms with E-state index in [-0.39, 0.29) is 0 Å². The van der Waals surface area contributed by atoms with Crippen LogP contribution in [0.25, 0.3) is 5.69 Å². The van der Waals surface area contributed by atoms with E-state index in [2.05, 4.69) is 34.9 Å². The van der Waals surface area contributed by atoms with Gasteiger partial charge in [-0.05, 0) is 31.0 Å². The molecule has 1 aromatic heterocycles. The summed E-state index contributed by atoms with van der Waals surface area (Å²) >= 11 is 9.85. The number of hydrogen-bond donors (Lipinski definition) is 0. The molecule has 0 saturated carbocycles. The van der Waals surface area contributed by atoms with Crippen LogP contribution in [0, 0.1) is 6.92 Å². The van der Waals surface area contributed by atoms with E-state index in [4.69, 9.17) is 11.6 Å². The topological polar surface area (TPSA) is 17.8 Å². The van der Waals surface area contributed by atoms with Gasteiger partial charge in [-0.15, -0.1) is 0 Å². The minimum absolute atomic E-state index is 0.378. The van der Waals surface area contributed by atoms with Gasteiger partial charge in [-0.2, -0.15) is 5.10 Å². The Hall–Kier alpha value is -0.800. The first kappa shape index (κ1) is 12.7. The Kier molecular flexibility index (Phi) is 3.59. The van der Waals surface area contributed by atoms with Crippen molar-refractivity contribution >= 4 is 27.5 Å². The van der Waals surface area contributed by atoms with E-state index in [1.165, 1.54) is 0 Å². The molecule has 0 aliphatic carbocycles. The number of nitrogens with zero attached hydrogens (tertiary/aromatic N) is 2. The lowest BCUT2D eigenvalue weighted by Crippen LogP contribution is -1.96. The van der Waals surface area contributed by atoms with Crippen molar-refractivity contribution in [1.82, 2.24) is 9.78 Å². The molecule has 0 bridgehead atoms. The second kappa shape index (κ2) is 4.83. The van der Waals surface area contributed by atoms with Crippen LogP contribution in [0.5, 0.6) is 0 Å². The highest BCUT2D eigenvalue weighted by atomic mass is 79.9. The van der Waals surface area contributed by atoms with Gasteiger partial charge in [-0.25, -0.2) is 4.68 Å². The lowest BCUT2D eigenvalue weighted by atomic mass is 10.1. The number of rotatable bonds is 2. The fourth-order valence-corrected chi connectivity index (χ4v) is 2.82. The Bertz CT molecular complexity index is 546. The third kappa shape index (κ3) is 2.40. The summed E-state index contributed by atoms with van der Waals surface area (Å²) in [5.74, 6) is 0.378. The second-order valence-corrected chi connectivity index (χ2v) is 5.61. The van der Waals surface area contributed by atoms with Crippen molar-refractivity contribution in [1.29, 1.82) is 0 Å². The van der Waals surface area contributed by atoms with Crippen molar-refractivity contribution in [3.63, 3.8) is 0 Å². The molecule has 4 heteroatoms. The van der Waals surface area contributed by atoms with Crippen molar-refractivity contribution in [3.05, 3.63) is 45.1 Å². The van der Waals surface area contributed by atoms with Gasteiger partial charge in [0.05, 0.1) is 11.4 Å². The van der Waals surface area contributed by atoms with E-state index >= 15 is 0 Å². The number of aryl methyl sites for hydroxylation is 1. The minimum Gasteiger partial charge on any atom is -0.222 e. The maximum absolute atomic E-state index is 6.40. The van der Waals surface area contributed by atoms with Gasteiger partial charge in [0.25, 0.3) is 0 Å². The second-order valence-electron chi connectivity index (χ2n) is 4.34. The van der Waals surface area contributed by atoms with E-state index in [1.807, 2.05) is 31.2 Å². The zero-order chi connectivity index (χ0) is 12.6. The number of halogens is 2. The van der Waals surface area contributed by atoms with Crippen molar-refractivity contribution in [2.45, 2.75) is 26.7 Å². The normalized spacial score (nSPS) is 11.2. The van der Waals surface area contributed by atoms with E-state index in [9.17, 15) is 0 Å². The molecule has 90 valence electrons. The average molecular weight is 314 g/mol. The van der Waals surface area contributed by atoms with Gasteiger partial charge in [-0.1, -0.05) is 47.4 Å². The molecule has 2 rings (SSSR count). The summed E-state index contributed by atoms with van der Waals surface area (Å²) in [6, 6.07) is 7.95. The molecule has 0 spiro atoms.